The van der Waals surface area contributed by atoms with E-state index in [9.17, 15) is 4.79 Å². The van der Waals surface area contributed by atoms with Crippen LogP contribution in [0.5, 0.6) is 0 Å². The molecule has 0 unspecified atom stereocenters. The molecule has 0 aliphatic heterocycles. The molecule has 0 fully saturated rings. The lowest BCUT2D eigenvalue weighted by atomic mass is 9.87. The predicted molar refractivity (Wildman–Crippen MR) is 76.0 cm³/mol. The summed E-state index contributed by atoms with van der Waals surface area (Å²) in [7, 11) is 0. The number of unbranched alkanes of at least 4 members (excludes halogenated alkanes) is 2. The van der Waals surface area contributed by atoms with Crippen LogP contribution in [0.2, 0.25) is 0 Å². The number of hydrogen-bond acceptors (Lipinski definition) is 3. The Bertz CT molecular complexity index is 387. The molecule has 3 nitrogen and oxygen atoms in total. The smallest absolute Gasteiger partial charge is 0.293 e. The molecule has 0 spiro atoms. The van der Waals surface area contributed by atoms with Gasteiger partial charge >= 0.3 is 5.97 Å². The molecule has 0 saturated heterocycles. The Morgan fingerprint density at radius 2 is 1.74 bits per heavy atom. The Hall–Kier alpha value is -1.35. The molecule has 0 atom stereocenters. The summed E-state index contributed by atoms with van der Waals surface area (Å²) in [5, 5.41) is 0. The number of hydrogen-bond donors (Lipinski definition) is 0. The molecule has 0 bridgehead atoms. The van der Waals surface area contributed by atoms with E-state index in [2.05, 4.69) is 27.7 Å². The molecule has 0 aromatic heterocycles. The molecule has 0 N–H and O–H groups in total. The van der Waals surface area contributed by atoms with Crippen molar-refractivity contribution in [2.24, 2.45) is 0 Å². The minimum Gasteiger partial charge on any atom is -0.293 e. The first-order chi connectivity index (χ1) is 8.95. The molecule has 1 aromatic rings. The van der Waals surface area contributed by atoms with Crippen LogP contribution in [0.4, 0.5) is 0 Å². The lowest BCUT2D eigenvalue weighted by Crippen LogP contribution is -2.12. The summed E-state index contributed by atoms with van der Waals surface area (Å²) >= 11 is 0. The molecule has 1 aromatic carbocycles. The van der Waals surface area contributed by atoms with E-state index in [1.165, 1.54) is 5.56 Å². The summed E-state index contributed by atoms with van der Waals surface area (Å²) in [6, 6.07) is 7.46. The van der Waals surface area contributed by atoms with Crippen molar-refractivity contribution in [2.45, 2.75) is 52.4 Å². The van der Waals surface area contributed by atoms with E-state index in [0.29, 0.717) is 12.2 Å². The molecule has 0 saturated carbocycles. The quantitative estimate of drug-likeness (QED) is 0.437. The molecule has 0 aliphatic rings. The lowest BCUT2D eigenvalue weighted by Gasteiger charge is -2.18. The third kappa shape index (κ3) is 5.43. The highest BCUT2D eigenvalue weighted by atomic mass is 17.2. The highest BCUT2D eigenvalue weighted by Crippen LogP contribution is 2.22. The van der Waals surface area contributed by atoms with Gasteiger partial charge in [-0.2, -0.15) is 4.89 Å². The van der Waals surface area contributed by atoms with Gasteiger partial charge < -0.3 is 0 Å². The van der Waals surface area contributed by atoms with Crippen molar-refractivity contribution in [3.05, 3.63) is 35.4 Å². The van der Waals surface area contributed by atoms with Crippen LogP contribution in [0.15, 0.2) is 24.3 Å². The van der Waals surface area contributed by atoms with E-state index in [-0.39, 0.29) is 5.41 Å². The summed E-state index contributed by atoms with van der Waals surface area (Å²) in [4.78, 5) is 21.4. The number of benzene rings is 1. The Morgan fingerprint density at radius 3 is 2.26 bits per heavy atom. The van der Waals surface area contributed by atoms with Gasteiger partial charge in [-0.25, -0.2) is 4.79 Å². The topological polar surface area (TPSA) is 35.5 Å². The minimum atomic E-state index is -0.433. The molecule has 3 heteroatoms. The zero-order chi connectivity index (χ0) is 14.3. The van der Waals surface area contributed by atoms with Crippen molar-refractivity contribution in [2.75, 3.05) is 6.61 Å². The highest BCUT2D eigenvalue weighted by molar-refractivity contribution is 5.88. The Kier molecular flexibility index (Phi) is 6.03. The fourth-order valence-electron chi connectivity index (χ4n) is 1.66. The van der Waals surface area contributed by atoms with Crippen LogP contribution in [0, 0.1) is 0 Å². The van der Waals surface area contributed by atoms with E-state index in [1.807, 2.05) is 12.1 Å². The van der Waals surface area contributed by atoms with Crippen LogP contribution in [-0.4, -0.2) is 12.6 Å². The van der Waals surface area contributed by atoms with Crippen molar-refractivity contribution in [1.82, 2.24) is 0 Å². The van der Waals surface area contributed by atoms with E-state index in [0.717, 1.165) is 19.3 Å². The third-order valence-corrected chi connectivity index (χ3v) is 2.95. The summed E-state index contributed by atoms with van der Waals surface area (Å²) in [6.07, 6.45) is 3.11. The minimum absolute atomic E-state index is 0.0824. The zero-order valence-electron chi connectivity index (χ0n) is 12.4. The second-order valence-electron chi connectivity index (χ2n) is 5.73. The molecule has 19 heavy (non-hydrogen) atoms. The monoisotopic (exact) mass is 264 g/mol. The largest absolute Gasteiger partial charge is 0.373 e. The Balaban J connectivity index is 2.45. The normalized spacial score (nSPS) is 11.4. The van der Waals surface area contributed by atoms with Crippen LogP contribution >= 0.6 is 0 Å². The first-order valence-corrected chi connectivity index (χ1v) is 6.89. The molecular weight excluding hydrogens is 240 g/mol. The van der Waals surface area contributed by atoms with Gasteiger partial charge in [-0.3, -0.25) is 4.89 Å². The van der Waals surface area contributed by atoms with Gasteiger partial charge in [0.2, 0.25) is 0 Å². The molecule has 0 amide bonds. The predicted octanol–water partition coefficient (Wildman–Crippen LogP) is 4.26. The second-order valence-corrected chi connectivity index (χ2v) is 5.73. The van der Waals surface area contributed by atoms with Gasteiger partial charge in [0, 0.05) is 0 Å². The van der Waals surface area contributed by atoms with Gasteiger partial charge in [-0.05, 0) is 29.5 Å². The zero-order valence-corrected chi connectivity index (χ0v) is 12.4. The van der Waals surface area contributed by atoms with Crippen molar-refractivity contribution < 1.29 is 14.6 Å². The number of rotatable bonds is 6. The van der Waals surface area contributed by atoms with Crippen LogP contribution in [-0.2, 0) is 15.2 Å². The van der Waals surface area contributed by atoms with Gasteiger partial charge in [0.25, 0.3) is 0 Å². The second kappa shape index (κ2) is 7.29. The summed E-state index contributed by atoms with van der Waals surface area (Å²) in [5.41, 5.74) is 1.79. The number of carbonyl (C=O) groups excluding carboxylic acids is 1. The van der Waals surface area contributed by atoms with Crippen LogP contribution in [0.25, 0.3) is 0 Å². The average Bonchev–Trinajstić information content (AvgIpc) is 2.37. The van der Waals surface area contributed by atoms with Crippen molar-refractivity contribution in [1.29, 1.82) is 0 Å². The maximum Gasteiger partial charge on any atom is 0.373 e. The SMILES string of the molecule is CCCCCOOC(=O)c1ccc(C(C)(C)C)cc1. The Morgan fingerprint density at radius 1 is 1.11 bits per heavy atom. The van der Waals surface area contributed by atoms with Gasteiger partial charge in [-0.15, -0.1) is 0 Å². The molecule has 106 valence electrons. The summed E-state index contributed by atoms with van der Waals surface area (Å²) in [5.74, 6) is -0.433. The van der Waals surface area contributed by atoms with Crippen molar-refractivity contribution in [3.63, 3.8) is 0 Å². The van der Waals surface area contributed by atoms with Crippen molar-refractivity contribution in [3.8, 4) is 0 Å². The molecule has 0 heterocycles. The van der Waals surface area contributed by atoms with Gasteiger partial charge in [0.05, 0.1) is 12.2 Å². The maximum absolute atomic E-state index is 11.7. The Labute approximate surface area is 115 Å². The molecule has 0 radical (unpaired) electrons. The fraction of sp³-hybridized carbons (Fsp3) is 0.562. The van der Waals surface area contributed by atoms with Crippen molar-refractivity contribution >= 4 is 5.97 Å². The summed E-state index contributed by atoms with van der Waals surface area (Å²) in [6.45, 7) is 8.98. The van der Waals surface area contributed by atoms with E-state index >= 15 is 0 Å². The van der Waals surface area contributed by atoms with Gasteiger partial charge in [0.1, 0.15) is 0 Å². The van der Waals surface area contributed by atoms with E-state index < -0.39 is 5.97 Å². The van der Waals surface area contributed by atoms with E-state index in [1.54, 1.807) is 12.1 Å². The first kappa shape index (κ1) is 15.7. The molecular formula is C16H24O3. The third-order valence-electron chi connectivity index (χ3n) is 2.95. The van der Waals surface area contributed by atoms with Crippen LogP contribution in [0.1, 0.15) is 62.9 Å². The van der Waals surface area contributed by atoms with Gasteiger partial charge in [0.15, 0.2) is 0 Å². The highest BCUT2D eigenvalue weighted by Gasteiger charge is 2.15. The lowest BCUT2D eigenvalue weighted by molar-refractivity contribution is -0.241. The van der Waals surface area contributed by atoms with Crippen LogP contribution in [0.3, 0.4) is 0 Å². The maximum atomic E-state index is 11.7. The standard InChI is InChI=1S/C16H24O3/c1-5-6-7-12-18-19-15(17)13-8-10-14(11-9-13)16(2,3)4/h8-11H,5-7,12H2,1-4H3. The average molecular weight is 264 g/mol. The molecule has 0 aliphatic carbocycles. The van der Waals surface area contributed by atoms with Crippen LogP contribution < -0.4 is 0 Å². The van der Waals surface area contributed by atoms with Gasteiger partial charge in [-0.1, -0.05) is 52.7 Å². The number of carbonyl (C=O) groups is 1. The summed E-state index contributed by atoms with van der Waals surface area (Å²) < 4.78 is 0. The van der Waals surface area contributed by atoms with E-state index in [4.69, 9.17) is 9.78 Å². The first-order valence-electron chi connectivity index (χ1n) is 6.89. The fourth-order valence-corrected chi connectivity index (χ4v) is 1.66. The molecule has 1 rings (SSSR count).